The molecule has 4 N–H and O–H groups in total. The van der Waals surface area contributed by atoms with Crippen LogP contribution in [0.5, 0.6) is 5.88 Å². The van der Waals surface area contributed by atoms with Crippen LogP contribution in [0.15, 0.2) is 91.3 Å². The zero-order valence-electron chi connectivity index (χ0n) is 20.5. The van der Waals surface area contributed by atoms with Crippen molar-refractivity contribution in [2.75, 3.05) is 10.2 Å². The fourth-order valence-electron chi connectivity index (χ4n) is 4.10. The first-order chi connectivity index (χ1) is 18.8. The van der Waals surface area contributed by atoms with Gasteiger partial charge in [0, 0.05) is 25.4 Å². The van der Waals surface area contributed by atoms with Crippen LogP contribution in [0.3, 0.4) is 0 Å². The quantitative estimate of drug-likeness (QED) is 0.228. The summed E-state index contributed by atoms with van der Waals surface area (Å²) in [6.45, 7) is 0.952. The molecule has 0 bridgehead atoms. The number of benzene rings is 2. The second kappa shape index (κ2) is 11.0. The van der Waals surface area contributed by atoms with Crippen LogP contribution >= 0.6 is 0 Å². The molecule has 0 spiro atoms. The molecule has 1 atom stereocenters. The molecule has 0 aliphatic rings. The van der Waals surface area contributed by atoms with Crippen molar-refractivity contribution in [1.82, 2.24) is 19.6 Å². The number of nitrogens with two attached hydrogens (primary N) is 1. The highest BCUT2D eigenvalue weighted by molar-refractivity contribution is 5.68. The summed E-state index contributed by atoms with van der Waals surface area (Å²) in [6, 6.07) is 24.1. The molecule has 0 radical (unpaired) electrons. The molecule has 0 aliphatic carbocycles. The van der Waals surface area contributed by atoms with Gasteiger partial charge in [0.15, 0.2) is 5.65 Å². The third-order valence-corrected chi connectivity index (χ3v) is 5.80. The van der Waals surface area contributed by atoms with Gasteiger partial charge in [-0.05, 0) is 23.3 Å². The van der Waals surface area contributed by atoms with E-state index in [2.05, 4.69) is 25.1 Å². The van der Waals surface area contributed by atoms with Crippen molar-refractivity contribution in [3.8, 4) is 5.88 Å². The van der Waals surface area contributed by atoms with Gasteiger partial charge in [-0.15, -0.1) is 13.2 Å². The normalized spacial score (nSPS) is 12.3. The van der Waals surface area contributed by atoms with Crippen LogP contribution in [0.25, 0.3) is 5.65 Å². The molecule has 9 nitrogen and oxygen atoms in total. The number of ether oxygens (including phenoxy) is 1. The number of nitrogens with one attached hydrogen (secondary N) is 1. The minimum absolute atomic E-state index is 0.0512. The summed E-state index contributed by atoms with van der Waals surface area (Å²) in [5.41, 5.74) is 8.24. The van der Waals surface area contributed by atoms with E-state index in [1.807, 2.05) is 65.6 Å². The number of hydrogen-bond donors (Lipinski definition) is 3. The molecule has 3 aromatic heterocycles. The molecular weight excluding hydrogens is 511 g/mol. The minimum atomic E-state index is -4.93. The predicted octanol–water partition coefficient (Wildman–Crippen LogP) is 4.92. The first kappa shape index (κ1) is 25.9. The van der Waals surface area contributed by atoms with Gasteiger partial charge >= 0.3 is 6.36 Å². The smallest absolute Gasteiger partial charge is 0.386 e. The van der Waals surface area contributed by atoms with Crippen molar-refractivity contribution in [2.45, 2.75) is 25.7 Å². The molecule has 0 saturated heterocycles. The number of nitrogens with zero attached hydrogens (tertiary/aromatic N) is 5. The summed E-state index contributed by atoms with van der Waals surface area (Å²) in [6.07, 6.45) is -3.71. The summed E-state index contributed by atoms with van der Waals surface area (Å²) in [5.74, 6) is 0.0709. The topological polar surface area (TPSA) is 114 Å². The van der Waals surface area contributed by atoms with Crippen LogP contribution in [0.2, 0.25) is 0 Å². The number of aromatic nitrogens is 4. The third-order valence-electron chi connectivity index (χ3n) is 5.80. The molecular formula is C27H24F3N7O2. The van der Waals surface area contributed by atoms with E-state index < -0.39 is 18.5 Å². The second-order valence-corrected chi connectivity index (χ2v) is 8.64. The largest absolute Gasteiger partial charge is 0.574 e. The Morgan fingerprint density at radius 2 is 1.62 bits per heavy atom. The van der Waals surface area contributed by atoms with E-state index in [0.29, 0.717) is 18.9 Å². The maximum Gasteiger partial charge on any atom is 0.574 e. The van der Waals surface area contributed by atoms with Crippen LogP contribution in [-0.2, 0) is 13.1 Å². The maximum absolute atomic E-state index is 13.0. The van der Waals surface area contributed by atoms with Crippen LogP contribution in [-0.4, -0.2) is 31.1 Å². The zero-order chi connectivity index (χ0) is 27.4. The number of aliphatic hydroxyl groups excluding tert-OH is 1. The molecule has 0 aliphatic heterocycles. The van der Waals surface area contributed by atoms with Gasteiger partial charge in [-0.3, -0.25) is 0 Å². The Kier molecular flexibility index (Phi) is 7.30. The van der Waals surface area contributed by atoms with E-state index in [4.69, 9.17) is 5.73 Å². The number of aliphatic hydroxyl groups is 1. The molecule has 39 heavy (non-hydrogen) atoms. The molecule has 200 valence electrons. The Hall–Kier alpha value is -4.68. The van der Waals surface area contributed by atoms with Crippen molar-refractivity contribution in [2.24, 2.45) is 5.73 Å². The Bertz CT molecular complexity index is 1500. The van der Waals surface area contributed by atoms with Crippen molar-refractivity contribution < 1.29 is 23.0 Å². The number of pyridine rings is 1. The van der Waals surface area contributed by atoms with Crippen LogP contribution in [0, 0.1) is 0 Å². The maximum atomic E-state index is 13.0. The zero-order valence-corrected chi connectivity index (χ0v) is 20.5. The Morgan fingerprint density at radius 3 is 2.21 bits per heavy atom. The lowest BCUT2D eigenvalue weighted by molar-refractivity contribution is -0.275. The molecule has 5 rings (SSSR count). The van der Waals surface area contributed by atoms with E-state index in [0.717, 1.165) is 11.1 Å². The number of rotatable bonds is 9. The molecule has 1 unspecified atom stereocenters. The van der Waals surface area contributed by atoms with E-state index in [-0.39, 0.29) is 22.7 Å². The monoisotopic (exact) mass is 535 g/mol. The van der Waals surface area contributed by atoms with Crippen molar-refractivity contribution in [3.05, 3.63) is 108 Å². The molecule has 5 aromatic rings. The number of halogens is 3. The summed E-state index contributed by atoms with van der Waals surface area (Å²) < 4.78 is 44.6. The average Bonchev–Trinajstić information content (AvgIpc) is 3.34. The summed E-state index contributed by atoms with van der Waals surface area (Å²) in [5, 5.41) is 17.5. The Labute approximate surface area is 221 Å². The fourth-order valence-corrected chi connectivity index (χ4v) is 4.10. The van der Waals surface area contributed by atoms with Crippen molar-refractivity contribution >= 4 is 23.0 Å². The van der Waals surface area contributed by atoms with Crippen LogP contribution < -0.4 is 20.7 Å². The number of alkyl halides is 3. The third kappa shape index (κ3) is 6.25. The summed E-state index contributed by atoms with van der Waals surface area (Å²) >= 11 is 0. The van der Waals surface area contributed by atoms with Crippen LogP contribution in [0.4, 0.5) is 30.5 Å². The fraction of sp³-hybridized carbons (Fsp3) is 0.148. The molecule has 0 amide bonds. The lowest BCUT2D eigenvalue weighted by atomic mass is 10.1. The first-order valence-electron chi connectivity index (χ1n) is 11.9. The predicted molar refractivity (Wildman–Crippen MR) is 139 cm³/mol. The van der Waals surface area contributed by atoms with Crippen molar-refractivity contribution in [3.63, 3.8) is 0 Å². The number of hydrogen-bond acceptors (Lipinski definition) is 8. The molecule has 0 fully saturated rings. The van der Waals surface area contributed by atoms with Gasteiger partial charge in [-0.2, -0.15) is 9.61 Å². The number of anilines is 3. The van der Waals surface area contributed by atoms with Gasteiger partial charge in [0.1, 0.15) is 23.6 Å². The standard InChI is InChI=1S/C27H24F3N7O2/c28-27(29,30)39-26-21(12-7-13-32-26)34-22-14-23(37-25(35-22)20(15-33-37)24(31)38)36(16-18-8-3-1-4-9-18)17-19-10-5-2-6-11-19/h1-15,24,38H,16-17,31H2,(H,34,35). The molecule has 2 aromatic carbocycles. The minimum Gasteiger partial charge on any atom is -0.386 e. The Morgan fingerprint density at radius 1 is 0.974 bits per heavy atom. The average molecular weight is 536 g/mol. The highest BCUT2D eigenvalue weighted by Gasteiger charge is 2.33. The molecule has 0 saturated carbocycles. The Balaban J connectivity index is 1.62. The highest BCUT2D eigenvalue weighted by Crippen LogP contribution is 2.32. The van der Waals surface area contributed by atoms with E-state index in [1.165, 1.54) is 24.5 Å². The lowest BCUT2D eigenvalue weighted by Crippen LogP contribution is -2.25. The van der Waals surface area contributed by atoms with Gasteiger partial charge < -0.3 is 25.8 Å². The van der Waals surface area contributed by atoms with Crippen molar-refractivity contribution in [1.29, 1.82) is 0 Å². The van der Waals surface area contributed by atoms with E-state index >= 15 is 0 Å². The summed E-state index contributed by atoms with van der Waals surface area (Å²) in [7, 11) is 0. The van der Waals surface area contributed by atoms with Crippen LogP contribution in [0.1, 0.15) is 22.9 Å². The van der Waals surface area contributed by atoms with E-state index in [9.17, 15) is 18.3 Å². The molecule has 3 heterocycles. The first-order valence-corrected chi connectivity index (χ1v) is 11.9. The molecule has 12 heteroatoms. The van der Waals surface area contributed by atoms with Gasteiger partial charge in [0.2, 0.25) is 5.88 Å². The highest BCUT2D eigenvalue weighted by atomic mass is 19.4. The summed E-state index contributed by atoms with van der Waals surface area (Å²) in [4.78, 5) is 10.3. The van der Waals surface area contributed by atoms with E-state index in [1.54, 1.807) is 10.6 Å². The van der Waals surface area contributed by atoms with Gasteiger partial charge in [0.25, 0.3) is 0 Å². The van der Waals surface area contributed by atoms with Gasteiger partial charge in [-0.1, -0.05) is 60.7 Å². The number of fused-ring (bicyclic) bond motifs is 1. The lowest BCUT2D eigenvalue weighted by Gasteiger charge is -2.26. The van der Waals surface area contributed by atoms with Gasteiger partial charge in [-0.25, -0.2) is 9.97 Å². The van der Waals surface area contributed by atoms with Gasteiger partial charge in [0.05, 0.1) is 11.8 Å². The second-order valence-electron chi connectivity index (χ2n) is 8.64. The SMILES string of the molecule is NC(O)c1cnn2c(N(Cc3ccccc3)Cc3ccccc3)cc(Nc3cccnc3OC(F)(F)F)nc12.